The first-order valence-electron chi connectivity index (χ1n) is 2.12. The fourth-order valence-electron chi connectivity index (χ4n) is 0.351. The first-order chi connectivity index (χ1) is 3.13. The van der Waals surface area contributed by atoms with E-state index in [0.717, 1.165) is 0 Å². The second-order valence-electron chi connectivity index (χ2n) is 1.58. The van der Waals surface area contributed by atoms with E-state index >= 15 is 0 Å². The monoisotopic (exact) mass is 163 g/mol. The van der Waals surface area contributed by atoms with Crippen molar-refractivity contribution in [3.05, 3.63) is 0 Å². The molecule has 0 aliphatic carbocycles. The Morgan fingerprint density at radius 3 is 1.33 bits per heavy atom. The van der Waals surface area contributed by atoms with Crippen molar-refractivity contribution in [1.82, 2.24) is 0 Å². The molecule has 0 saturated carbocycles. The third kappa shape index (κ3) is 17.9. The van der Waals surface area contributed by atoms with Gasteiger partial charge in [-0.1, -0.05) is 0 Å². The molecule has 0 fully saturated rings. The van der Waals surface area contributed by atoms with Gasteiger partial charge in [-0.15, -0.1) is 0 Å². The Morgan fingerprint density at radius 1 is 1.11 bits per heavy atom. The van der Waals surface area contributed by atoms with Crippen molar-refractivity contribution in [3.63, 3.8) is 0 Å². The van der Waals surface area contributed by atoms with Gasteiger partial charge in [0.2, 0.25) is 0 Å². The molecule has 4 heteroatoms. The average Bonchev–Trinajstić information content (AvgIpc) is 1.27. The standard InChI is InChI=1S/C5H8O2.H2O.Sc/c1-4(6)3-5(2)7;;/h3H2,1-2H3;1H2;. The van der Waals surface area contributed by atoms with Gasteiger partial charge in [0.15, 0.2) is 0 Å². The normalized spacial score (nSPS) is 6.44. The van der Waals surface area contributed by atoms with Gasteiger partial charge in [-0.25, -0.2) is 0 Å². The number of carbonyl (C=O) groups excluding carboxylic acids is 2. The molecular weight excluding hydrogens is 153 g/mol. The van der Waals surface area contributed by atoms with Crippen molar-refractivity contribution in [2.24, 2.45) is 0 Å². The van der Waals surface area contributed by atoms with Gasteiger partial charge in [-0.05, 0) is 13.8 Å². The minimum Gasteiger partial charge on any atom is -0.412 e. The molecule has 9 heavy (non-hydrogen) atoms. The molecule has 0 amide bonds. The van der Waals surface area contributed by atoms with Crippen LogP contribution >= 0.6 is 0 Å². The maximum atomic E-state index is 10.0. The predicted octanol–water partition coefficient (Wildman–Crippen LogP) is -0.273. The second-order valence-corrected chi connectivity index (χ2v) is 1.58. The zero-order valence-corrected chi connectivity index (χ0v) is 7.40. The first kappa shape index (κ1) is 16.1. The number of hydrogen-bond donors (Lipinski definition) is 0. The summed E-state index contributed by atoms with van der Waals surface area (Å²) < 4.78 is 0. The zero-order chi connectivity index (χ0) is 5.86. The number of carbonyl (C=O) groups is 2. The van der Waals surface area contributed by atoms with Crippen LogP contribution in [-0.4, -0.2) is 17.0 Å². The third-order valence-electron chi connectivity index (χ3n) is 0.498. The van der Waals surface area contributed by atoms with Crippen LogP contribution in [0.5, 0.6) is 0 Å². The Balaban J connectivity index is -0.000000180. The summed E-state index contributed by atoms with van der Waals surface area (Å²) in [6.07, 6.45) is 0.0833. The fourth-order valence-corrected chi connectivity index (χ4v) is 0.351. The van der Waals surface area contributed by atoms with Crippen LogP contribution in [0.2, 0.25) is 0 Å². The van der Waals surface area contributed by atoms with Crippen molar-refractivity contribution in [2.45, 2.75) is 20.3 Å². The summed E-state index contributed by atoms with van der Waals surface area (Å²) in [5.41, 5.74) is 0. The summed E-state index contributed by atoms with van der Waals surface area (Å²) in [7, 11) is 0. The second kappa shape index (κ2) is 8.17. The SMILES string of the molecule is CC(=O)CC(C)=O.O.[Sc]. The smallest absolute Gasteiger partial charge is 0.137 e. The molecule has 3 nitrogen and oxygen atoms in total. The van der Waals surface area contributed by atoms with Gasteiger partial charge in [-0.3, -0.25) is 9.59 Å². The predicted molar refractivity (Wildman–Crippen MR) is 29.6 cm³/mol. The van der Waals surface area contributed by atoms with Crippen LogP contribution in [-0.2, 0) is 35.4 Å². The fraction of sp³-hybridized carbons (Fsp3) is 0.600. The van der Waals surface area contributed by atoms with Crippen molar-refractivity contribution in [1.29, 1.82) is 0 Å². The summed E-state index contributed by atoms with van der Waals surface area (Å²) in [6, 6.07) is 0. The molecule has 0 aliphatic rings. The van der Waals surface area contributed by atoms with E-state index < -0.39 is 0 Å². The zero-order valence-electron chi connectivity index (χ0n) is 5.60. The Morgan fingerprint density at radius 2 is 1.33 bits per heavy atom. The molecule has 0 spiro atoms. The van der Waals surface area contributed by atoms with E-state index in [4.69, 9.17) is 0 Å². The molecule has 0 rings (SSSR count). The van der Waals surface area contributed by atoms with E-state index in [1.54, 1.807) is 0 Å². The molecular formula is C5H10O3Sc. The van der Waals surface area contributed by atoms with Gasteiger partial charge in [0.05, 0.1) is 6.42 Å². The third-order valence-corrected chi connectivity index (χ3v) is 0.498. The van der Waals surface area contributed by atoms with E-state index in [9.17, 15) is 9.59 Å². The van der Waals surface area contributed by atoms with E-state index in [1.165, 1.54) is 13.8 Å². The molecule has 0 atom stereocenters. The molecule has 51 valence electrons. The minimum absolute atomic E-state index is 0. The van der Waals surface area contributed by atoms with E-state index in [1.807, 2.05) is 0 Å². The minimum atomic E-state index is -0.0625. The molecule has 2 N–H and O–H groups in total. The maximum absolute atomic E-state index is 10.0. The van der Waals surface area contributed by atoms with Gasteiger partial charge in [-0.2, -0.15) is 0 Å². The molecule has 0 aromatic heterocycles. The number of Topliss-reactive ketones (excluding diaryl/α,β-unsaturated/α-hetero) is 2. The average molecular weight is 163 g/mol. The quantitative estimate of drug-likeness (QED) is 0.526. The summed E-state index contributed by atoms with van der Waals surface area (Å²) in [4.78, 5) is 20.1. The van der Waals surface area contributed by atoms with Crippen molar-refractivity contribution >= 4 is 11.6 Å². The molecule has 0 bridgehead atoms. The van der Waals surface area contributed by atoms with Crippen LogP contribution in [0.3, 0.4) is 0 Å². The van der Waals surface area contributed by atoms with E-state index in [2.05, 4.69) is 0 Å². The Kier molecular flexibility index (Phi) is 14.6. The molecule has 0 aromatic carbocycles. The number of ketones is 2. The summed E-state index contributed by atoms with van der Waals surface area (Å²) in [5, 5.41) is 0. The van der Waals surface area contributed by atoms with Crippen LogP contribution < -0.4 is 0 Å². The molecule has 1 radical (unpaired) electrons. The largest absolute Gasteiger partial charge is 0.412 e. The summed E-state index contributed by atoms with van der Waals surface area (Å²) in [5.74, 6) is -0.125. The Hall–Kier alpha value is 0.170. The van der Waals surface area contributed by atoms with E-state index in [-0.39, 0.29) is 49.3 Å². The Labute approximate surface area is 72.9 Å². The van der Waals surface area contributed by atoms with E-state index in [0.29, 0.717) is 0 Å². The van der Waals surface area contributed by atoms with Crippen LogP contribution in [0.1, 0.15) is 20.3 Å². The van der Waals surface area contributed by atoms with Crippen LogP contribution in [0.15, 0.2) is 0 Å². The topological polar surface area (TPSA) is 65.6 Å². The van der Waals surface area contributed by atoms with Crippen molar-refractivity contribution in [2.75, 3.05) is 0 Å². The molecule has 0 heterocycles. The van der Waals surface area contributed by atoms with Gasteiger partial charge < -0.3 is 5.48 Å². The maximum Gasteiger partial charge on any atom is 0.137 e. The first-order valence-corrected chi connectivity index (χ1v) is 2.12. The van der Waals surface area contributed by atoms with Gasteiger partial charge in [0, 0.05) is 25.8 Å². The summed E-state index contributed by atoms with van der Waals surface area (Å²) >= 11 is 0. The molecule has 0 aliphatic heterocycles. The van der Waals surface area contributed by atoms with Crippen molar-refractivity contribution in [3.8, 4) is 0 Å². The van der Waals surface area contributed by atoms with Crippen LogP contribution in [0.4, 0.5) is 0 Å². The Bertz CT molecular complexity index is 88.4. The van der Waals surface area contributed by atoms with Gasteiger partial charge in [0.1, 0.15) is 11.6 Å². The van der Waals surface area contributed by atoms with Crippen LogP contribution in [0, 0.1) is 0 Å². The summed E-state index contributed by atoms with van der Waals surface area (Å²) in [6.45, 7) is 2.81. The van der Waals surface area contributed by atoms with Gasteiger partial charge in [0.25, 0.3) is 0 Å². The van der Waals surface area contributed by atoms with Gasteiger partial charge >= 0.3 is 0 Å². The molecule has 0 unspecified atom stereocenters. The van der Waals surface area contributed by atoms with Crippen LogP contribution in [0.25, 0.3) is 0 Å². The molecule has 0 aromatic rings. The molecule has 0 saturated heterocycles. The number of hydrogen-bond acceptors (Lipinski definition) is 2. The van der Waals surface area contributed by atoms with Crippen molar-refractivity contribution < 1.29 is 40.9 Å². The number of rotatable bonds is 2.